The van der Waals surface area contributed by atoms with Gasteiger partial charge >= 0.3 is 0 Å². The van der Waals surface area contributed by atoms with Crippen molar-refractivity contribution in [1.29, 1.82) is 0 Å². The van der Waals surface area contributed by atoms with Gasteiger partial charge in [0.05, 0.1) is 12.5 Å². The largest absolute Gasteiger partial charge is 0.349 e. The molecule has 1 atom stereocenters. The van der Waals surface area contributed by atoms with Crippen molar-refractivity contribution in [3.05, 3.63) is 34.9 Å². The second-order valence-electron chi connectivity index (χ2n) is 9.90. The van der Waals surface area contributed by atoms with Gasteiger partial charge in [-0.2, -0.15) is 0 Å². The van der Waals surface area contributed by atoms with Crippen molar-refractivity contribution in [2.24, 2.45) is 0 Å². The number of carbonyl (C=O) groups is 2. The van der Waals surface area contributed by atoms with Crippen molar-refractivity contribution >= 4 is 23.4 Å². The van der Waals surface area contributed by atoms with Gasteiger partial charge in [-0.1, -0.05) is 37.1 Å². The van der Waals surface area contributed by atoms with Crippen LogP contribution in [-0.2, 0) is 9.59 Å². The third kappa shape index (κ3) is 7.28. The maximum Gasteiger partial charge on any atom is 0.225 e. The van der Waals surface area contributed by atoms with Gasteiger partial charge in [0.1, 0.15) is 0 Å². The average molecular weight is 436 g/mol. The molecular formula is C24H38ClN3O2. The van der Waals surface area contributed by atoms with Crippen molar-refractivity contribution in [3.8, 4) is 0 Å². The normalized spacial score (nSPS) is 19.2. The Bertz CT molecular complexity index is 714. The van der Waals surface area contributed by atoms with Crippen LogP contribution in [0.5, 0.6) is 0 Å². The molecule has 1 aliphatic rings. The van der Waals surface area contributed by atoms with E-state index in [0.29, 0.717) is 5.02 Å². The molecule has 1 aliphatic heterocycles. The SMILES string of the molecule is CCCCN(C(=O)CC(NC(C)=O)c1ccc(Cl)cc1)C1CC(C)(C)NC(C)(C)C1. The molecule has 0 aliphatic carbocycles. The zero-order valence-corrected chi connectivity index (χ0v) is 20.1. The second kappa shape index (κ2) is 10.1. The fourth-order valence-electron chi connectivity index (χ4n) is 4.81. The molecule has 30 heavy (non-hydrogen) atoms. The number of piperidine rings is 1. The highest BCUT2D eigenvalue weighted by atomic mass is 35.5. The molecule has 5 nitrogen and oxygen atoms in total. The van der Waals surface area contributed by atoms with E-state index in [-0.39, 0.29) is 41.4 Å². The Hall–Kier alpha value is -1.59. The lowest BCUT2D eigenvalue weighted by Gasteiger charge is -2.50. The topological polar surface area (TPSA) is 61.4 Å². The number of carbonyl (C=O) groups excluding carboxylic acids is 2. The Morgan fingerprint density at radius 2 is 1.73 bits per heavy atom. The highest BCUT2D eigenvalue weighted by Gasteiger charge is 2.41. The number of halogens is 1. The molecule has 2 rings (SSSR count). The molecular weight excluding hydrogens is 398 g/mol. The molecule has 1 aromatic carbocycles. The summed E-state index contributed by atoms with van der Waals surface area (Å²) >= 11 is 6.02. The Labute approximate surface area is 186 Å². The van der Waals surface area contributed by atoms with Gasteiger partial charge in [0.2, 0.25) is 11.8 Å². The molecule has 0 radical (unpaired) electrons. The summed E-state index contributed by atoms with van der Waals surface area (Å²) in [4.78, 5) is 27.4. The maximum absolute atomic E-state index is 13.5. The van der Waals surface area contributed by atoms with Crippen LogP contribution in [0.4, 0.5) is 0 Å². The fraction of sp³-hybridized carbons (Fsp3) is 0.667. The molecule has 0 saturated carbocycles. The summed E-state index contributed by atoms with van der Waals surface area (Å²) in [7, 11) is 0. The van der Waals surface area contributed by atoms with Crippen molar-refractivity contribution in [2.45, 2.75) is 96.8 Å². The van der Waals surface area contributed by atoms with E-state index in [2.05, 4.69) is 50.2 Å². The number of unbranched alkanes of at least 4 members (excludes halogenated alkanes) is 1. The number of hydrogen-bond acceptors (Lipinski definition) is 3. The number of benzene rings is 1. The summed E-state index contributed by atoms with van der Waals surface area (Å²) < 4.78 is 0. The molecule has 1 heterocycles. The summed E-state index contributed by atoms with van der Waals surface area (Å²) in [5, 5.41) is 7.29. The molecule has 1 fully saturated rings. The van der Waals surface area contributed by atoms with Gasteiger partial charge in [0, 0.05) is 35.6 Å². The van der Waals surface area contributed by atoms with Gasteiger partial charge in [0.25, 0.3) is 0 Å². The molecule has 0 bridgehead atoms. The van der Waals surface area contributed by atoms with E-state index in [1.165, 1.54) is 6.92 Å². The van der Waals surface area contributed by atoms with Gasteiger partial charge in [-0.15, -0.1) is 0 Å². The molecule has 1 aromatic rings. The summed E-state index contributed by atoms with van der Waals surface area (Å²) in [5.74, 6) is -0.0531. The highest BCUT2D eigenvalue weighted by molar-refractivity contribution is 6.30. The van der Waals surface area contributed by atoms with Gasteiger partial charge in [-0.05, 0) is 64.7 Å². The minimum atomic E-state index is -0.362. The second-order valence-corrected chi connectivity index (χ2v) is 10.3. The first-order valence-electron chi connectivity index (χ1n) is 11.0. The smallest absolute Gasteiger partial charge is 0.225 e. The predicted molar refractivity (Wildman–Crippen MR) is 124 cm³/mol. The van der Waals surface area contributed by atoms with Crippen molar-refractivity contribution in [2.75, 3.05) is 6.54 Å². The highest BCUT2D eigenvalue weighted by Crippen LogP contribution is 2.33. The average Bonchev–Trinajstić information content (AvgIpc) is 2.59. The summed E-state index contributed by atoms with van der Waals surface area (Å²) in [5.41, 5.74) is 0.818. The molecule has 0 spiro atoms. The first-order chi connectivity index (χ1) is 13.9. The van der Waals surface area contributed by atoms with Crippen LogP contribution in [0.3, 0.4) is 0 Å². The third-order valence-corrected chi connectivity index (χ3v) is 5.96. The van der Waals surface area contributed by atoms with Crippen LogP contribution in [0, 0.1) is 0 Å². The van der Waals surface area contributed by atoms with E-state index in [1.807, 2.05) is 12.1 Å². The van der Waals surface area contributed by atoms with Gasteiger partial charge < -0.3 is 15.5 Å². The lowest BCUT2D eigenvalue weighted by molar-refractivity contribution is -0.136. The minimum Gasteiger partial charge on any atom is -0.349 e. The maximum atomic E-state index is 13.5. The van der Waals surface area contributed by atoms with Crippen LogP contribution in [0.15, 0.2) is 24.3 Å². The lowest BCUT2D eigenvalue weighted by Crippen LogP contribution is -2.63. The summed E-state index contributed by atoms with van der Waals surface area (Å²) in [6.07, 6.45) is 4.08. The monoisotopic (exact) mass is 435 g/mol. The van der Waals surface area contributed by atoms with E-state index in [9.17, 15) is 9.59 Å². The Morgan fingerprint density at radius 1 is 1.17 bits per heavy atom. The molecule has 2 amide bonds. The van der Waals surface area contributed by atoms with Gasteiger partial charge in [0.15, 0.2) is 0 Å². The summed E-state index contributed by atoms with van der Waals surface area (Å²) in [6, 6.07) is 7.16. The first-order valence-corrected chi connectivity index (χ1v) is 11.4. The molecule has 0 aromatic heterocycles. The van der Waals surface area contributed by atoms with E-state index < -0.39 is 0 Å². The van der Waals surface area contributed by atoms with Gasteiger partial charge in [-0.25, -0.2) is 0 Å². The quantitative estimate of drug-likeness (QED) is 0.613. The van der Waals surface area contributed by atoms with E-state index in [1.54, 1.807) is 12.1 Å². The number of rotatable bonds is 8. The number of amides is 2. The first kappa shape index (κ1) is 24.7. The van der Waals surface area contributed by atoms with Crippen LogP contribution < -0.4 is 10.6 Å². The zero-order valence-electron chi connectivity index (χ0n) is 19.3. The molecule has 168 valence electrons. The standard InChI is InChI=1S/C24H38ClN3O2/c1-7-8-13-28(20-15-23(3,4)27-24(5,6)16-20)22(30)14-21(26-17(2)29)18-9-11-19(25)12-10-18/h9-12,20-21,27H,7-8,13-16H2,1-6H3,(H,26,29). The van der Waals surface area contributed by atoms with E-state index >= 15 is 0 Å². The fourth-order valence-corrected chi connectivity index (χ4v) is 4.94. The van der Waals surface area contributed by atoms with Crippen LogP contribution in [0.25, 0.3) is 0 Å². The Balaban J connectivity index is 2.25. The minimum absolute atomic E-state index is 0.0373. The number of nitrogens with one attached hydrogen (secondary N) is 2. The van der Waals surface area contributed by atoms with E-state index in [4.69, 9.17) is 11.6 Å². The number of nitrogens with zero attached hydrogens (tertiary/aromatic N) is 1. The van der Waals surface area contributed by atoms with Crippen LogP contribution in [0.1, 0.15) is 85.3 Å². The van der Waals surface area contributed by atoms with Crippen LogP contribution in [-0.4, -0.2) is 40.4 Å². The number of hydrogen-bond donors (Lipinski definition) is 2. The van der Waals surface area contributed by atoms with Crippen molar-refractivity contribution in [1.82, 2.24) is 15.5 Å². The predicted octanol–water partition coefficient (Wildman–Crippen LogP) is 4.85. The Kier molecular flexibility index (Phi) is 8.35. The zero-order chi connectivity index (χ0) is 22.5. The molecule has 1 saturated heterocycles. The molecule has 2 N–H and O–H groups in total. The molecule has 1 unspecified atom stereocenters. The molecule has 6 heteroatoms. The van der Waals surface area contributed by atoms with Crippen molar-refractivity contribution in [3.63, 3.8) is 0 Å². The Morgan fingerprint density at radius 3 is 2.23 bits per heavy atom. The van der Waals surface area contributed by atoms with E-state index in [0.717, 1.165) is 37.8 Å². The van der Waals surface area contributed by atoms with Crippen LogP contribution in [0.2, 0.25) is 5.02 Å². The lowest BCUT2D eigenvalue weighted by atomic mass is 9.78. The third-order valence-electron chi connectivity index (χ3n) is 5.71. The van der Waals surface area contributed by atoms with Crippen molar-refractivity contribution < 1.29 is 9.59 Å². The van der Waals surface area contributed by atoms with Crippen LogP contribution >= 0.6 is 11.6 Å². The van der Waals surface area contributed by atoms with Gasteiger partial charge in [-0.3, -0.25) is 9.59 Å². The summed E-state index contributed by atoms with van der Waals surface area (Å²) in [6.45, 7) is 13.2.